The highest BCUT2D eigenvalue weighted by molar-refractivity contribution is 7.45. The summed E-state index contributed by atoms with van der Waals surface area (Å²) >= 11 is 0. The number of esters is 2. The summed E-state index contributed by atoms with van der Waals surface area (Å²) in [7, 11) is 1.05. The smallest absolute Gasteiger partial charge is 0.306 e. The normalized spacial score (nSPS) is 20.3. The number of hydrogen-bond acceptors (Lipinski definition) is 11. The summed E-state index contributed by atoms with van der Waals surface area (Å²) in [6, 6.07) is 0. The highest BCUT2D eigenvalue weighted by Crippen LogP contribution is 2.39. The number of ether oxygens (including phenoxy) is 2. The van der Waals surface area contributed by atoms with Gasteiger partial charge in [-0.25, -0.2) is 0 Å². The molecule has 1 rings (SSSR count). The molecule has 0 saturated heterocycles. The zero-order valence-corrected chi connectivity index (χ0v) is 40.1. The molecule has 1 saturated carbocycles. The van der Waals surface area contributed by atoms with Crippen LogP contribution in [0.5, 0.6) is 0 Å². The number of carbonyl (C=O) groups excluding carboxylic acids is 2. The molecular weight excluding hydrogens is 797 g/mol. The monoisotopic (exact) mass is 888 g/mol. The largest absolute Gasteiger partial charge is 0.756 e. The van der Waals surface area contributed by atoms with Crippen molar-refractivity contribution < 1.29 is 57.4 Å². The summed E-state index contributed by atoms with van der Waals surface area (Å²) < 4.78 is 34.0. The standard InChI is InChI=1S/C48H90NO11P/c1-6-8-10-11-12-13-14-15-16-17-18-19-20-21-22-23-29-33-48(54)60-42(40-59-61(55,56)58-37-36-49(3,4)5)39-57-47(53)32-28-25-24-27-31-43-44(46(52)38-45(43)51)35-34-41(50)30-26-9-7-2/h15-16,34-35,41-46,50-52H,6-14,17-33,36-40H2,1-5H3/b16-15-,35-34+/t41-,42+,43+,44+,45-,46+/m0/s1. The van der Waals surface area contributed by atoms with Crippen LogP contribution in [0.15, 0.2) is 24.3 Å². The third-order valence-electron chi connectivity index (χ3n) is 11.5. The number of aliphatic hydroxyl groups is 3. The Balaban J connectivity index is 2.42. The second kappa shape index (κ2) is 35.7. The van der Waals surface area contributed by atoms with E-state index in [1.54, 1.807) is 6.08 Å². The average molecular weight is 888 g/mol. The molecule has 0 bridgehead atoms. The number of quaternary nitrogens is 1. The van der Waals surface area contributed by atoms with Crippen molar-refractivity contribution in [1.82, 2.24) is 0 Å². The molecular formula is C48H90NO11P. The fourth-order valence-electron chi connectivity index (χ4n) is 7.69. The highest BCUT2D eigenvalue weighted by atomic mass is 31.2. The lowest BCUT2D eigenvalue weighted by atomic mass is 9.88. The molecule has 0 amide bonds. The van der Waals surface area contributed by atoms with E-state index < -0.39 is 50.8 Å². The molecule has 1 aliphatic rings. The van der Waals surface area contributed by atoms with Crippen molar-refractivity contribution in [3.05, 3.63) is 24.3 Å². The predicted molar refractivity (Wildman–Crippen MR) is 243 cm³/mol. The Morgan fingerprint density at radius 3 is 1.87 bits per heavy atom. The van der Waals surface area contributed by atoms with Crippen molar-refractivity contribution in [2.75, 3.05) is 47.5 Å². The zero-order chi connectivity index (χ0) is 45.2. The van der Waals surface area contributed by atoms with Crippen LogP contribution >= 0.6 is 7.82 Å². The van der Waals surface area contributed by atoms with E-state index in [-0.39, 0.29) is 37.9 Å². The van der Waals surface area contributed by atoms with E-state index >= 15 is 0 Å². The topological polar surface area (TPSA) is 172 Å². The van der Waals surface area contributed by atoms with Gasteiger partial charge in [0, 0.05) is 25.2 Å². The van der Waals surface area contributed by atoms with Gasteiger partial charge in [-0.15, -0.1) is 0 Å². The van der Waals surface area contributed by atoms with E-state index in [1.807, 2.05) is 27.2 Å². The van der Waals surface area contributed by atoms with E-state index in [0.717, 1.165) is 70.6 Å². The Morgan fingerprint density at radius 2 is 1.26 bits per heavy atom. The van der Waals surface area contributed by atoms with E-state index in [1.165, 1.54) is 64.2 Å². The number of likely N-dealkylation sites (N-methyl/N-ethyl adjacent to an activating group) is 1. The molecule has 0 aromatic heterocycles. The van der Waals surface area contributed by atoms with Crippen molar-refractivity contribution in [3.8, 4) is 0 Å². The van der Waals surface area contributed by atoms with E-state index in [0.29, 0.717) is 36.7 Å². The number of phosphoric ester groups is 1. The van der Waals surface area contributed by atoms with Crippen LogP contribution < -0.4 is 4.89 Å². The lowest BCUT2D eigenvalue weighted by Crippen LogP contribution is -2.37. The number of aliphatic hydroxyl groups excluding tert-OH is 3. The number of unbranched alkanes of at least 4 members (excludes halogenated alkanes) is 18. The van der Waals surface area contributed by atoms with Gasteiger partial charge in [0.15, 0.2) is 6.10 Å². The summed E-state index contributed by atoms with van der Waals surface area (Å²) in [6.45, 7) is 3.89. The van der Waals surface area contributed by atoms with E-state index in [2.05, 4.69) is 26.0 Å². The van der Waals surface area contributed by atoms with Gasteiger partial charge >= 0.3 is 11.9 Å². The first kappa shape index (κ1) is 57.4. The Hall–Kier alpha value is -1.63. The fourth-order valence-corrected chi connectivity index (χ4v) is 8.42. The lowest BCUT2D eigenvalue weighted by Gasteiger charge is -2.28. The molecule has 61 heavy (non-hydrogen) atoms. The Kier molecular flexibility index (Phi) is 33.6. The molecule has 7 atom stereocenters. The van der Waals surface area contributed by atoms with Gasteiger partial charge in [0.25, 0.3) is 7.82 Å². The van der Waals surface area contributed by atoms with Crippen LogP contribution in [0.2, 0.25) is 0 Å². The van der Waals surface area contributed by atoms with Crippen LogP contribution in [0.25, 0.3) is 0 Å². The first-order valence-corrected chi connectivity index (χ1v) is 25.8. The van der Waals surface area contributed by atoms with Gasteiger partial charge in [-0.3, -0.25) is 14.2 Å². The molecule has 0 aromatic carbocycles. The van der Waals surface area contributed by atoms with Crippen LogP contribution in [0.1, 0.15) is 187 Å². The lowest BCUT2D eigenvalue weighted by molar-refractivity contribution is -0.870. The molecule has 12 nitrogen and oxygen atoms in total. The fraction of sp³-hybridized carbons (Fsp3) is 0.875. The molecule has 1 fully saturated rings. The van der Waals surface area contributed by atoms with Crippen LogP contribution in [-0.2, 0) is 32.7 Å². The van der Waals surface area contributed by atoms with Crippen molar-refractivity contribution in [1.29, 1.82) is 0 Å². The van der Waals surface area contributed by atoms with Gasteiger partial charge in [-0.05, 0) is 57.3 Å². The van der Waals surface area contributed by atoms with Crippen LogP contribution in [0, 0.1) is 11.8 Å². The number of nitrogens with zero attached hydrogens (tertiary/aromatic N) is 1. The van der Waals surface area contributed by atoms with Crippen molar-refractivity contribution in [2.24, 2.45) is 11.8 Å². The van der Waals surface area contributed by atoms with Crippen LogP contribution in [0.3, 0.4) is 0 Å². The minimum absolute atomic E-state index is 0.0653. The number of hydrogen-bond donors (Lipinski definition) is 3. The van der Waals surface area contributed by atoms with E-state index in [4.69, 9.17) is 18.5 Å². The predicted octanol–water partition coefficient (Wildman–Crippen LogP) is 9.66. The van der Waals surface area contributed by atoms with Gasteiger partial charge in [-0.2, -0.15) is 0 Å². The Bertz CT molecular complexity index is 1210. The third kappa shape index (κ3) is 32.7. The molecule has 1 unspecified atom stereocenters. The van der Waals surface area contributed by atoms with Crippen molar-refractivity contribution in [3.63, 3.8) is 0 Å². The second-order valence-corrected chi connectivity index (χ2v) is 19.8. The number of allylic oxidation sites excluding steroid dienone is 2. The molecule has 0 aromatic rings. The van der Waals surface area contributed by atoms with Gasteiger partial charge in [0.05, 0.1) is 46.1 Å². The molecule has 358 valence electrons. The first-order chi connectivity index (χ1) is 29.2. The van der Waals surface area contributed by atoms with Gasteiger partial charge in [0.1, 0.15) is 19.8 Å². The summed E-state index contributed by atoms with van der Waals surface area (Å²) in [6.07, 6.45) is 31.2. The minimum Gasteiger partial charge on any atom is -0.756 e. The average Bonchev–Trinajstić information content (AvgIpc) is 3.47. The molecule has 3 N–H and O–H groups in total. The van der Waals surface area contributed by atoms with Crippen LogP contribution in [0.4, 0.5) is 0 Å². The first-order valence-electron chi connectivity index (χ1n) is 24.3. The van der Waals surface area contributed by atoms with Gasteiger partial charge in [0.2, 0.25) is 0 Å². The maximum Gasteiger partial charge on any atom is 0.306 e. The summed E-state index contributed by atoms with van der Waals surface area (Å²) in [5, 5.41) is 31.4. The molecule has 13 heteroatoms. The molecule has 1 aliphatic carbocycles. The molecule has 0 aliphatic heterocycles. The SMILES string of the molecule is CCCCCCCC/C=C\CCCCCCCCCC(=O)O[C@H](COC(=O)CCCCCC[C@@H]1[C@@H](/C=C/[C@@H](O)CCCCC)[C@H](O)C[C@@H]1O)COP(=O)([O-])OCC[N+](C)(C)C. The summed E-state index contributed by atoms with van der Waals surface area (Å²) in [5.41, 5.74) is 0. The second-order valence-electron chi connectivity index (χ2n) is 18.4. The van der Waals surface area contributed by atoms with E-state index in [9.17, 15) is 34.4 Å². The number of rotatable bonds is 40. The highest BCUT2D eigenvalue weighted by Gasteiger charge is 2.39. The zero-order valence-electron chi connectivity index (χ0n) is 39.2. The third-order valence-corrected chi connectivity index (χ3v) is 12.5. The maximum absolute atomic E-state index is 12.8. The molecule has 0 spiro atoms. The molecule has 0 heterocycles. The Labute approximate surface area is 371 Å². The van der Waals surface area contributed by atoms with Crippen molar-refractivity contribution >= 4 is 19.8 Å². The van der Waals surface area contributed by atoms with Crippen molar-refractivity contribution in [2.45, 2.75) is 212 Å². The number of carbonyl (C=O) groups is 2. The summed E-state index contributed by atoms with van der Waals surface area (Å²) in [5.74, 6) is -1.25. The van der Waals surface area contributed by atoms with Gasteiger partial charge < -0.3 is 43.2 Å². The summed E-state index contributed by atoms with van der Waals surface area (Å²) in [4.78, 5) is 37.9. The van der Waals surface area contributed by atoms with Gasteiger partial charge in [-0.1, -0.05) is 141 Å². The number of phosphoric acid groups is 1. The van der Waals surface area contributed by atoms with Crippen LogP contribution in [-0.4, -0.2) is 104 Å². The maximum atomic E-state index is 12.8. The minimum atomic E-state index is -4.68. The Morgan fingerprint density at radius 1 is 0.721 bits per heavy atom. The quantitative estimate of drug-likeness (QED) is 0.0176. The molecule has 0 radical (unpaired) electrons.